The van der Waals surface area contributed by atoms with Crippen LogP contribution >= 0.6 is 0 Å². The van der Waals surface area contributed by atoms with Crippen LogP contribution in [0.25, 0.3) is 10.8 Å². The molecule has 0 saturated heterocycles. The molecule has 0 atom stereocenters. The van der Waals surface area contributed by atoms with E-state index < -0.39 is 0 Å². The van der Waals surface area contributed by atoms with Gasteiger partial charge in [-0.15, -0.1) is 0 Å². The van der Waals surface area contributed by atoms with Gasteiger partial charge in [-0.25, -0.2) is 0 Å². The highest BCUT2D eigenvalue weighted by molar-refractivity contribution is 5.89. The molecule has 0 aliphatic carbocycles. The molecule has 2 aromatic carbocycles. The van der Waals surface area contributed by atoms with E-state index in [-0.39, 0.29) is 0 Å². The lowest BCUT2D eigenvalue weighted by Crippen LogP contribution is -1.99. The summed E-state index contributed by atoms with van der Waals surface area (Å²) in [5, 5.41) is 2.37. The predicted octanol–water partition coefficient (Wildman–Crippen LogP) is 7.54. The molecule has 0 spiro atoms. The van der Waals surface area contributed by atoms with Gasteiger partial charge in [0, 0.05) is 5.39 Å². The van der Waals surface area contributed by atoms with E-state index in [2.05, 4.69) is 50.2 Å². The molecule has 0 heterocycles. The van der Waals surface area contributed by atoms with E-state index in [9.17, 15) is 0 Å². The summed E-state index contributed by atoms with van der Waals surface area (Å²) >= 11 is 0. The van der Waals surface area contributed by atoms with Gasteiger partial charge < -0.3 is 9.47 Å². The number of fused-ring (bicyclic) bond motifs is 1. The molecule has 0 aromatic heterocycles. The Hall–Kier alpha value is -1.70. The van der Waals surface area contributed by atoms with E-state index in [1.807, 2.05) is 0 Å². The summed E-state index contributed by atoms with van der Waals surface area (Å²) in [5.41, 5.74) is 0. The SMILES string of the molecule is CCCCCCCOc1ccc2c(OCCCCCCC)cccc2c1. The lowest BCUT2D eigenvalue weighted by molar-refractivity contribution is 0.304. The van der Waals surface area contributed by atoms with Crippen LogP contribution in [0.4, 0.5) is 0 Å². The molecule has 2 heteroatoms. The number of benzene rings is 2. The summed E-state index contributed by atoms with van der Waals surface area (Å²) in [6.07, 6.45) is 12.7. The van der Waals surface area contributed by atoms with Gasteiger partial charge in [-0.05, 0) is 42.5 Å². The normalized spacial score (nSPS) is 11.0. The number of rotatable bonds is 14. The van der Waals surface area contributed by atoms with E-state index in [1.165, 1.54) is 62.1 Å². The third-order valence-electron chi connectivity index (χ3n) is 4.83. The maximum absolute atomic E-state index is 6.03. The molecule has 0 unspecified atom stereocenters. The highest BCUT2D eigenvalue weighted by Gasteiger charge is 2.04. The third kappa shape index (κ3) is 7.27. The van der Waals surface area contributed by atoms with E-state index in [4.69, 9.17) is 9.47 Å². The summed E-state index contributed by atoms with van der Waals surface area (Å²) in [4.78, 5) is 0. The smallest absolute Gasteiger partial charge is 0.127 e. The van der Waals surface area contributed by atoms with Crippen LogP contribution in [0.5, 0.6) is 11.5 Å². The lowest BCUT2D eigenvalue weighted by atomic mass is 10.1. The molecule has 26 heavy (non-hydrogen) atoms. The number of hydrogen-bond acceptors (Lipinski definition) is 2. The zero-order valence-electron chi connectivity index (χ0n) is 16.8. The van der Waals surface area contributed by atoms with Crippen molar-refractivity contribution in [3.8, 4) is 11.5 Å². The molecule has 0 bridgehead atoms. The van der Waals surface area contributed by atoms with E-state index >= 15 is 0 Å². The van der Waals surface area contributed by atoms with Crippen LogP contribution in [0.2, 0.25) is 0 Å². The Labute approximate surface area is 159 Å². The first-order valence-electron chi connectivity index (χ1n) is 10.6. The zero-order valence-corrected chi connectivity index (χ0v) is 16.8. The predicted molar refractivity (Wildman–Crippen MR) is 112 cm³/mol. The Morgan fingerprint density at radius 1 is 0.654 bits per heavy atom. The maximum Gasteiger partial charge on any atom is 0.127 e. The first-order valence-corrected chi connectivity index (χ1v) is 10.6. The molecule has 2 nitrogen and oxygen atoms in total. The van der Waals surface area contributed by atoms with Gasteiger partial charge >= 0.3 is 0 Å². The highest BCUT2D eigenvalue weighted by atomic mass is 16.5. The molecule has 0 fully saturated rings. The van der Waals surface area contributed by atoms with Crippen molar-refractivity contribution in [2.75, 3.05) is 13.2 Å². The van der Waals surface area contributed by atoms with Crippen LogP contribution in [0.15, 0.2) is 36.4 Å². The van der Waals surface area contributed by atoms with Gasteiger partial charge in [-0.1, -0.05) is 77.3 Å². The summed E-state index contributed by atoms with van der Waals surface area (Å²) in [6, 6.07) is 12.6. The fraction of sp³-hybridized carbons (Fsp3) is 0.583. The molecule has 2 aromatic rings. The minimum Gasteiger partial charge on any atom is -0.494 e. The molecule has 0 amide bonds. The Balaban J connectivity index is 1.82. The van der Waals surface area contributed by atoms with Crippen LogP contribution in [0.1, 0.15) is 78.1 Å². The molecule has 144 valence electrons. The average molecular weight is 357 g/mol. The zero-order chi connectivity index (χ0) is 18.5. The molecule has 2 rings (SSSR count). The molecular weight excluding hydrogens is 320 g/mol. The molecule has 0 radical (unpaired) electrons. The van der Waals surface area contributed by atoms with Gasteiger partial charge in [-0.2, -0.15) is 0 Å². The lowest BCUT2D eigenvalue weighted by Gasteiger charge is -2.11. The van der Waals surface area contributed by atoms with Gasteiger partial charge in [-0.3, -0.25) is 0 Å². The molecule has 0 saturated carbocycles. The fourth-order valence-electron chi connectivity index (χ4n) is 3.23. The van der Waals surface area contributed by atoms with Crippen LogP contribution in [-0.4, -0.2) is 13.2 Å². The second-order valence-electron chi connectivity index (χ2n) is 7.16. The van der Waals surface area contributed by atoms with Crippen molar-refractivity contribution >= 4 is 10.8 Å². The van der Waals surface area contributed by atoms with Gasteiger partial charge in [0.05, 0.1) is 13.2 Å². The molecule has 0 N–H and O–H groups in total. The minimum absolute atomic E-state index is 0.804. The van der Waals surface area contributed by atoms with Gasteiger partial charge in [0.1, 0.15) is 11.5 Å². The summed E-state index contributed by atoms with van der Waals surface area (Å²) in [5.74, 6) is 1.95. The largest absolute Gasteiger partial charge is 0.494 e. The van der Waals surface area contributed by atoms with E-state index in [0.29, 0.717) is 0 Å². The Morgan fingerprint density at radius 2 is 1.31 bits per heavy atom. The van der Waals surface area contributed by atoms with Crippen LogP contribution in [0.3, 0.4) is 0 Å². The average Bonchev–Trinajstić information content (AvgIpc) is 2.67. The summed E-state index contributed by atoms with van der Waals surface area (Å²) in [6.45, 7) is 6.11. The Bertz CT molecular complexity index is 621. The monoisotopic (exact) mass is 356 g/mol. The quantitative estimate of drug-likeness (QED) is 0.325. The minimum atomic E-state index is 0.804. The van der Waals surface area contributed by atoms with E-state index in [1.54, 1.807) is 0 Å². The van der Waals surface area contributed by atoms with Crippen molar-refractivity contribution in [2.24, 2.45) is 0 Å². The third-order valence-corrected chi connectivity index (χ3v) is 4.83. The van der Waals surface area contributed by atoms with Gasteiger partial charge in [0.15, 0.2) is 0 Å². The van der Waals surface area contributed by atoms with Crippen LogP contribution in [0, 0.1) is 0 Å². The molecule has 0 aliphatic heterocycles. The second-order valence-corrected chi connectivity index (χ2v) is 7.16. The van der Waals surface area contributed by atoms with Crippen LogP contribution in [-0.2, 0) is 0 Å². The van der Waals surface area contributed by atoms with Crippen molar-refractivity contribution in [2.45, 2.75) is 78.1 Å². The summed E-state index contributed by atoms with van der Waals surface area (Å²) in [7, 11) is 0. The Kier molecular flexibility index (Phi) is 10.0. The summed E-state index contributed by atoms with van der Waals surface area (Å²) < 4.78 is 12.0. The van der Waals surface area contributed by atoms with Crippen molar-refractivity contribution in [3.63, 3.8) is 0 Å². The fourth-order valence-corrected chi connectivity index (χ4v) is 3.23. The van der Waals surface area contributed by atoms with E-state index in [0.717, 1.165) is 37.6 Å². The van der Waals surface area contributed by atoms with Crippen molar-refractivity contribution in [1.82, 2.24) is 0 Å². The molecular formula is C24H36O2. The highest BCUT2D eigenvalue weighted by Crippen LogP contribution is 2.29. The number of ether oxygens (including phenoxy) is 2. The van der Waals surface area contributed by atoms with Crippen molar-refractivity contribution in [1.29, 1.82) is 0 Å². The van der Waals surface area contributed by atoms with Crippen molar-refractivity contribution < 1.29 is 9.47 Å². The number of unbranched alkanes of at least 4 members (excludes halogenated alkanes) is 8. The topological polar surface area (TPSA) is 18.5 Å². The van der Waals surface area contributed by atoms with Crippen molar-refractivity contribution in [3.05, 3.63) is 36.4 Å². The second kappa shape index (κ2) is 12.6. The molecule has 0 aliphatic rings. The maximum atomic E-state index is 6.03. The first-order chi connectivity index (χ1) is 12.8. The standard InChI is InChI=1S/C24H36O2/c1-3-5-7-9-11-18-25-22-16-17-23-21(20-22)14-13-15-24(23)26-19-12-10-8-6-4-2/h13-17,20H,3-12,18-19H2,1-2H3. The van der Waals surface area contributed by atoms with Crippen LogP contribution < -0.4 is 9.47 Å². The Morgan fingerprint density at radius 3 is 2.00 bits per heavy atom. The number of hydrogen-bond donors (Lipinski definition) is 0. The first kappa shape index (κ1) is 20.6. The van der Waals surface area contributed by atoms with Gasteiger partial charge in [0.2, 0.25) is 0 Å². The van der Waals surface area contributed by atoms with Gasteiger partial charge in [0.25, 0.3) is 0 Å².